The van der Waals surface area contributed by atoms with Gasteiger partial charge in [0.15, 0.2) is 0 Å². The standard InChI is InChI=1S/C26H26/c1-16-14-21(24-12-8-6-10-22(24)17(16)2)15-26-20(5)18(3)19(4)23-11-7-9-13-25(23)26/h6-14H,15H2,1-5H3. The van der Waals surface area contributed by atoms with Crippen LogP contribution in [0, 0.1) is 34.6 Å². The van der Waals surface area contributed by atoms with Crippen LogP contribution in [0.15, 0.2) is 54.6 Å². The first-order valence-corrected chi connectivity index (χ1v) is 9.44. The Bertz CT molecular complexity index is 1150. The van der Waals surface area contributed by atoms with Gasteiger partial charge in [-0.1, -0.05) is 54.6 Å². The van der Waals surface area contributed by atoms with Gasteiger partial charge in [0.1, 0.15) is 0 Å². The van der Waals surface area contributed by atoms with Crippen molar-refractivity contribution in [1.29, 1.82) is 0 Å². The van der Waals surface area contributed by atoms with Crippen LogP contribution in [0.2, 0.25) is 0 Å². The second-order valence-corrected chi connectivity index (χ2v) is 7.60. The maximum atomic E-state index is 2.39. The quantitative estimate of drug-likeness (QED) is 0.365. The Kier molecular flexibility index (Phi) is 4.07. The summed E-state index contributed by atoms with van der Waals surface area (Å²) in [5.74, 6) is 0. The van der Waals surface area contributed by atoms with Gasteiger partial charge in [-0.3, -0.25) is 0 Å². The summed E-state index contributed by atoms with van der Waals surface area (Å²) in [5.41, 5.74) is 9.94. The lowest BCUT2D eigenvalue weighted by Crippen LogP contribution is -2.01. The number of aryl methyl sites for hydroxylation is 3. The Morgan fingerprint density at radius 3 is 1.73 bits per heavy atom. The fourth-order valence-electron chi connectivity index (χ4n) is 4.30. The molecule has 0 aliphatic heterocycles. The van der Waals surface area contributed by atoms with Crippen LogP contribution in [-0.2, 0) is 6.42 Å². The molecular weight excluding hydrogens is 312 g/mol. The van der Waals surface area contributed by atoms with Gasteiger partial charge in [-0.2, -0.15) is 0 Å². The number of hydrogen-bond acceptors (Lipinski definition) is 0. The average molecular weight is 338 g/mol. The van der Waals surface area contributed by atoms with Crippen LogP contribution >= 0.6 is 0 Å². The van der Waals surface area contributed by atoms with Crippen molar-refractivity contribution >= 4 is 21.5 Å². The van der Waals surface area contributed by atoms with E-state index >= 15 is 0 Å². The average Bonchev–Trinajstić information content (AvgIpc) is 2.67. The Morgan fingerprint density at radius 1 is 0.538 bits per heavy atom. The smallest absolute Gasteiger partial charge is 0.00106 e. The second kappa shape index (κ2) is 6.29. The Balaban J connectivity index is 2.00. The first-order chi connectivity index (χ1) is 12.5. The molecule has 0 aliphatic rings. The molecule has 4 aromatic rings. The van der Waals surface area contributed by atoms with Gasteiger partial charge in [-0.25, -0.2) is 0 Å². The highest BCUT2D eigenvalue weighted by atomic mass is 14.2. The zero-order valence-corrected chi connectivity index (χ0v) is 16.4. The van der Waals surface area contributed by atoms with E-state index in [2.05, 4.69) is 89.2 Å². The molecule has 0 heteroatoms. The van der Waals surface area contributed by atoms with Crippen molar-refractivity contribution in [3.05, 3.63) is 93.5 Å². The van der Waals surface area contributed by atoms with E-state index in [4.69, 9.17) is 0 Å². The van der Waals surface area contributed by atoms with Crippen LogP contribution in [0.4, 0.5) is 0 Å². The summed E-state index contributed by atoms with van der Waals surface area (Å²) in [6.07, 6.45) is 0.981. The van der Waals surface area contributed by atoms with E-state index in [0.717, 1.165) is 6.42 Å². The lowest BCUT2D eigenvalue weighted by Gasteiger charge is -2.18. The summed E-state index contributed by atoms with van der Waals surface area (Å²) >= 11 is 0. The van der Waals surface area contributed by atoms with Crippen molar-refractivity contribution in [2.75, 3.05) is 0 Å². The zero-order valence-electron chi connectivity index (χ0n) is 16.4. The predicted octanol–water partition coefficient (Wildman–Crippen LogP) is 7.13. The summed E-state index contributed by atoms with van der Waals surface area (Å²) in [6, 6.07) is 20.1. The third-order valence-corrected chi connectivity index (χ3v) is 6.26. The molecule has 0 radical (unpaired) electrons. The molecule has 0 saturated heterocycles. The summed E-state index contributed by atoms with van der Waals surface area (Å²) in [5, 5.41) is 5.56. The third kappa shape index (κ3) is 2.52. The summed E-state index contributed by atoms with van der Waals surface area (Å²) in [6.45, 7) is 11.3. The van der Waals surface area contributed by atoms with Crippen molar-refractivity contribution in [3.8, 4) is 0 Å². The number of fused-ring (bicyclic) bond motifs is 2. The van der Waals surface area contributed by atoms with Crippen molar-refractivity contribution in [1.82, 2.24) is 0 Å². The molecule has 4 rings (SSSR count). The van der Waals surface area contributed by atoms with Gasteiger partial charge >= 0.3 is 0 Å². The molecule has 0 aromatic heterocycles. The highest BCUT2D eigenvalue weighted by molar-refractivity contribution is 5.93. The van der Waals surface area contributed by atoms with E-state index in [9.17, 15) is 0 Å². The molecule has 0 bridgehead atoms. The largest absolute Gasteiger partial charge is 0.0616 e. The minimum absolute atomic E-state index is 0.981. The zero-order chi connectivity index (χ0) is 18.4. The van der Waals surface area contributed by atoms with Crippen LogP contribution in [0.25, 0.3) is 21.5 Å². The van der Waals surface area contributed by atoms with Crippen molar-refractivity contribution in [2.45, 2.75) is 41.0 Å². The SMILES string of the molecule is Cc1cc(Cc2c(C)c(C)c(C)c3ccccc23)c2ccccc2c1C. The van der Waals surface area contributed by atoms with Gasteiger partial charge < -0.3 is 0 Å². The van der Waals surface area contributed by atoms with Crippen molar-refractivity contribution < 1.29 is 0 Å². The van der Waals surface area contributed by atoms with E-state index in [1.54, 1.807) is 0 Å². The normalized spacial score (nSPS) is 11.4. The lowest BCUT2D eigenvalue weighted by atomic mass is 9.86. The Morgan fingerprint density at radius 2 is 1.08 bits per heavy atom. The molecule has 0 atom stereocenters. The van der Waals surface area contributed by atoms with E-state index in [1.807, 2.05) is 0 Å². The molecule has 0 saturated carbocycles. The molecule has 4 aromatic carbocycles. The molecule has 0 spiro atoms. The molecule has 0 nitrogen and oxygen atoms in total. The highest BCUT2D eigenvalue weighted by Crippen LogP contribution is 2.33. The van der Waals surface area contributed by atoms with E-state index in [0.29, 0.717) is 0 Å². The molecule has 26 heavy (non-hydrogen) atoms. The maximum absolute atomic E-state index is 2.39. The molecule has 0 N–H and O–H groups in total. The van der Waals surface area contributed by atoms with Gasteiger partial charge in [0.2, 0.25) is 0 Å². The van der Waals surface area contributed by atoms with Crippen LogP contribution in [-0.4, -0.2) is 0 Å². The summed E-state index contributed by atoms with van der Waals surface area (Å²) in [4.78, 5) is 0. The molecule has 0 amide bonds. The monoisotopic (exact) mass is 338 g/mol. The number of rotatable bonds is 2. The Labute approximate surface area is 156 Å². The third-order valence-electron chi connectivity index (χ3n) is 6.26. The summed E-state index contributed by atoms with van der Waals surface area (Å²) < 4.78 is 0. The van der Waals surface area contributed by atoms with Crippen molar-refractivity contribution in [2.24, 2.45) is 0 Å². The van der Waals surface area contributed by atoms with Crippen LogP contribution in [0.1, 0.15) is 38.9 Å². The molecule has 0 fully saturated rings. The molecule has 0 unspecified atom stereocenters. The van der Waals surface area contributed by atoms with Gasteiger partial charge in [0.05, 0.1) is 0 Å². The van der Waals surface area contributed by atoms with Gasteiger partial charge in [0, 0.05) is 0 Å². The predicted molar refractivity (Wildman–Crippen MR) is 114 cm³/mol. The van der Waals surface area contributed by atoms with Crippen LogP contribution < -0.4 is 0 Å². The molecule has 130 valence electrons. The van der Waals surface area contributed by atoms with Crippen LogP contribution in [0.5, 0.6) is 0 Å². The van der Waals surface area contributed by atoms with Crippen molar-refractivity contribution in [3.63, 3.8) is 0 Å². The van der Waals surface area contributed by atoms with E-state index < -0.39 is 0 Å². The minimum atomic E-state index is 0.981. The summed E-state index contributed by atoms with van der Waals surface area (Å²) in [7, 11) is 0. The number of hydrogen-bond donors (Lipinski definition) is 0. The minimum Gasteiger partial charge on any atom is -0.0616 e. The Hall–Kier alpha value is -2.60. The molecule has 0 heterocycles. The van der Waals surface area contributed by atoms with Gasteiger partial charge in [-0.15, -0.1) is 0 Å². The van der Waals surface area contributed by atoms with Gasteiger partial charge in [0.25, 0.3) is 0 Å². The first-order valence-electron chi connectivity index (χ1n) is 9.44. The van der Waals surface area contributed by atoms with Gasteiger partial charge in [-0.05, 0) is 102 Å². The molecule has 0 aliphatic carbocycles. The maximum Gasteiger partial charge on any atom is -0.00106 e. The van der Waals surface area contributed by atoms with Crippen LogP contribution in [0.3, 0.4) is 0 Å². The van der Waals surface area contributed by atoms with E-state index in [-0.39, 0.29) is 0 Å². The fraction of sp³-hybridized carbons (Fsp3) is 0.231. The highest BCUT2D eigenvalue weighted by Gasteiger charge is 2.14. The molecular formula is C26H26. The fourth-order valence-corrected chi connectivity index (χ4v) is 4.30. The first kappa shape index (κ1) is 16.8. The van der Waals surface area contributed by atoms with E-state index in [1.165, 1.54) is 60.5 Å². The second-order valence-electron chi connectivity index (χ2n) is 7.60. The topological polar surface area (TPSA) is 0 Å². The lowest BCUT2D eigenvalue weighted by molar-refractivity contribution is 1.15. The number of benzene rings is 4.